The number of hydrogen-bond donors (Lipinski definition) is 0. The quantitative estimate of drug-likeness (QED) is 0.210. The van der Waals surface area contributed by atoms with Gasteiger partial charge >= 0.3 is 5.97 Å². The van der Waals surface area contributed by atoms with E-state index in [4.69, 9.17) is 29.2 Å². The summed E-state index contributed by atoms with van der Waals surface area (Å²) >= 11 is 0. The van der Waals surface area contributed by atoms with Crippen LogP contribution in [0.1, 0.15) is 39.6 Å². The number of methoxy groups -OCH3 is 2. The molecule has 0 amide bonds. The van der Waals surface area contributed by atoms with Crippen molar-refractivity contribution in [2.24, 2.45) is 0 Å². The Morgan fingerprint density at radius 1 is 1.14 bits per heavy atom. The number of esters is 1. The number of fused-ring (bicyclic) bond motifs is 1. The van der Waals surface area contributed by atoms with E-state index in [1.807, 2.05) is 10.6 Å². The van der Waals surface area contributed by atoms with Gasteiger partial charge in [0.05, 0.1) is 72.8 Å². The van der Waals surface area contributed by atoms with E-state index in [1.54, 1.807) is 42.6 Å². The molecule has 1 aliphatic heterocycles. The molecule has 0 unspecified atom stereocenters. The Morgan fingerprint density at radius 2 is 2.00 bits per heavy atom. The molecule has 222 valence electrons. The first-order chi connectivity index (χ1) is 21.4. The zero-order valence-corrected chi connectivity index (χ0v) is 24.0. The zero-order chi connectivity index (χ0) is 30.6. The van der Waals surface area contributed by atoms with Crippen molar-refractivity contribution in [3.63, 3.8) is 0 Å². The SMILES string of the molecule is COC(=O)c1ccc2nc(Cc3ncc(-c4cccc(OCc5ccc(C#N)cc5F)n4)c(OC)n3)n(C[C@@H]3CCO3)c2c1. The number of aromatic nitrogens is 5. The first-order valence-corrected chi connectivity index (χ1v) is 13.8. The fourth-order valence-electron chi connectivity index (χ4n) is 4.88. The maximum atomic E-state index is 14.3. The number of imidazole rings is 1. The third-order valence-corrected chi connectivity index (χ3v) is 7.30. The number of nitriles is 1. The van der Waals surface area contributed by atoms with E-state index in [-0.39, 0.29) is 24.2 Å². The summed E-state index contributed by atoms with van der Waals surface area (Å²) in [6.45, 7) is 1.23. The molecule has 4 heterocycles. The van der Waals surface area contributed by atoms with Gasteiger partial charge in [0, 0.05) is 24.4 Å². The van der Waals surface area contributed by atoms with E-state index in [0.29, 0.717) is 53.7 Å². The molecule has 3 aromatic heterocycles. The van der Waals surface area contributed by atoms with Gasteiger partial charge in [0.15, 0.2) is 0 Å². The Balaban J connectivity index is 1.25. The van der Waals surface area contributed by atoms with Crippen LogP contribution in [0.2, 0.25) is 0 Å². The summed E-state index contributed by atoms with van der Waals surface area (Å²) in [5.74, 6) is 0.841. The van der Waals surface area contributed by atoms with E-state index in [9.17, 15) is 9.18 Å². The van der Waals surface area contributed by atoms with Crippen LogP contribution in [0.15, 0.2) is 60.8 Å². The maximum Gasteiger partial charge on any atom is 0.337 e. The third kappa shape index (κ3) is 5.91. The van der Waals surface area contributed by atoms with Crippen molar-refractivity contribution in [3.05, 3.63) is 95.0 Å². The summed E-state index contributed by atoms with van der Waals surface area (Å²) in [4.78, 5) is 30.8. The lowest BCUT2D eigenvalue weighted by Gasteiger charge is -2.27. The van der Waals surface area contributed by atoms with Gasteiger partial charge in [-0.25, -0.2) is 24.1 Å². The molecular weight excluding hydrogens is 567 g/mol. The second-order valence-corrected chi connectivity index (χ2v) is 10.1. The summed E-state index contributed by atoms with van der Waals surface area (Å²) in [5, 5.41) is 8.95. The van der Waals surface area contributed by atoms with Gasteiger partial charge in [0.2, 0.25) is 11.8 Å². The first kappa shape index (κ1) is 28.7. The Morgan fingerprint density at radius 3 is 2.73 bits per heavy atom. The van der Waals surface area contributed by atoms with Crippen molar-refractivity contribution < 1.29 is 28.1 Å². The maximum absolute atomic E-state index is 14.3. The van der Waals surface area contributed by atoms with Crippen LogP contribution in [0, 0.1) is 17.1 Å². The van der Waals surface area contributed by atoms with Gasteiger partial charge in [-0.1, -0.05) is 12.1 Å². The molecule has 1 aliphatic rings. The highest BCUT2D eigenvalue weighted by Crippen LogP contribution is 2.29. The smallest absolute Gasteiger partial charge is 0.337 e. The van der Waals surface area contributed by atoms with Gasteiger partial charge in [-0.3, -0.25) is 0 Å². The lowest BCUT2D eigenvalue weighted by molar-refractivity contribution is -0.0589. The molecule has 12 heteroatoms. The minimum Gasteiger partial charge on any atom is -0.480 e. The predicted octanol–water partition coefficient (Wildman–Crippen LogP) is 4.65. The van der Waals surface area contributed by atoms with Crippen LogP contribution >= 0.6 is 0 Å². The van der Waals surface area contributed by atoms with Crippen molar-refractivity contribution in [2.45, 2.75) is 32.1 Å². The van der Waals surface area contributed by atoms with Crippen LogP contribution in [-0.2, 0) is 29.0 Å². The van der Waals surface area contributed by atoms with E-state index >= 15 is 0 Å². The number of nitrogens with zero attached hydrogens (tertiary/aromatic N) is 6. The number of ether oxygens (including phenoxy) is 4. The molecule has 1 saturated heterocycles. The molecule has 2 aromatic carbocycles. The highest BCUT2D eigenvalue weighted by molar-refractivity contribution is 5.93. The average Bonchev–Trinajstić information content (AvgIpc) is 3.37. The summed E-state index contributed by atoms with van der Waals surface area (Å²) in [7, 11) is 2.87. The van der Waals surface area contributed by atoms with Crippen LogP contribution in [0.4, 0.5) is 4.39 Å². The monoisotopic (exact) mass is 594 g/mol. The normalized spacial score (nSPS) is 14.1. The first-order valence-electron chi connectivity index (χ1n) is 13.8. The van der Waals surface area contributed by atoms with Crippen molar-refractivity contribution in [2.75, 3.05) is 20.8 Å². The highest BCUT2D eigenvalue weighted by atomic mass is 19.1. The number of rotatable bonds is 10. The summed E-state index contributed by atoms with van der Waals surface area (Å²) in [6, 6.07) is 16.6. The van der Waals surface area contributed by atoms with Crippen LogP contribution in [-0.4, -0.2) is 57.4 Å². The Labute approximate surface area is 251 Å². The summed E-state index contributed by atoms with van der Waals surface area (Å²) < 4.78 is 38.3. The number of halogens is 1. The van der Waals surface area contributed by atoms with Crippen LogP contribution in [0.25, 0.3) is 22.3 Å². The van der Waals surface area contributed by atoms with E-state index in [2.05, 4.69) is 15.0 Å². The van der Waals surface area contributed by atoms with Gasteiger partial charge < -0.3 is 23.5 Å². The summed E-state index contributed by atoms with van der Waals surface area (Å²) in [5.41, 5.74) is 3.56. The Kier molecular flexibility index (Phi) is 8.12. The number of pyridine rings is 1. The van der Waals surface area contributed by atoms with Gasteiger partial charge in [0.1, 0.15) is 24.1 Å². The average molecular weight is 595 g/mol. The lowest BCUT2D eigenvalue weighted by Crippen LogP contribution is -2.31. The third-order valence-electron chi connectivity index (χ3n) is 7.30. The Bertz CT molecular complexity index is 1900. The van der Waals surface area contributed by atoms with Gasteiger partial charge in [0.25, 0.3) is 0 Å². The molecule has 1 atom stereocenters. The fourth-order valence-corrected chi connectivity index (χ4v) is 4.88. The van der Waals surface area contributed by atoms with Crippen LogP contribution < -0.4 is 9.47 Å². The highest BCUT2D eigenvalue weighted by Gasteiger charge is 2.23. The second-order valence-electron chi connectivity index (χ2n) is 10.1. The minimum absolute atomic E-state index is 0.0553. The Hall–Kier alpha value is -5.41. The lowest BCUT2D eigenvalue weighted by atomic mass is 10.1. The van der Waals surface area contributed by atoms with Gasteiger partial charge in [-0.05, 0) is 42.8 Å². The van der Waals surface area contributed by atoms with Crippen molar-refractivity contribution >= 4 is 17.0 Å². The molecule has 44 heavy (non-hydrogen) atoms. The molecule has 11 nitrogen and oxygen atoms in total. The van der Waals surface area contributed by atoms with Gasteiger partial charge in [-0.2, -0.15) is 10.2 Å². The summed E-state index contributed by atoms with van der Waals surface area (Å²) in [6.07, 6.45) is 2.93. The zero-order valence-electron chi connectivity index (χ0n) is 24.0. The predicted molar refractivity (Wildman–Crippen MR) is 155 cm³/mol. The topological polar surface area (TPSA) is 134 Å². The second kappa shape index (κ2) is 12.4. The van der Waals surface area contributed by atoms with Crippen molar-refractivity contribution in [3.8, 4) is 29.1 Å². The molecule has 1 fully saturated rings. The van der Waals surface area contributed by atoms with Crippen molar-refractivity contribution in [1.82, 2.24) is 24.5 Å². The molecule has 0 saturated carbocycles. The van der Waals surface area contributed by atoms with Crippen LogP contribution in [0.5, 0.6) is 11.8 Å². The minimum atomic E-state index is -0.525. The fraction of sp³-hybridized carbons (Fsp3) is 0.250. The van der Waals surface area contributed by atoms with E-state index < -0.39 is 11.8 Å². The molecule has 5 aromatic rings. The van der Waals surface area contributed by atoms with Crippen molar-refractivity contribution in [1.29, 1.82) is 5.26 Å². The molecule has 0 aliphatic carbocycles. The largest absolute Gasteiger partial charge is 0.480 e. The number of hydrogen-bond acceptors (Lipinski definition) is 10. The molecule has 0 N–H and O–H groups in total. The van der Waals surface area contributed by atoms with Gasteiger partial charge in [-0.15, -0.1) is 0 Å². The number of carbonyl (C=O) groups is 1. The molecule has 0 bridgehead atoms. The molecule has 6 rings (SSSR count). The molecule has 0 spiro atoms. The van der Waals surface area contributed by atoms with E-state index in [0.717, 1.165) is 23.3 Å². The number of benzene rings is 2. The van der Waals surface area contributed by atoms with Crippen LogP contribution in [0.3, 0.4) is 0 Å². The van der Waals surface area contributed by atoms with E-state index in [1.165, 1.54) is 32.4 Å². The molecular formula is C32H27FN6O5. The standard InChI is InChI=1S/C32H27FN6O5/c1-41-31-23(25-4-3-5-30(37-25)44-18-21-7-6-19(15-34)12-24(21)33)16-35-28(38-31)14-29-36-26-9-8-20(32(40)42-2)13-27(26)39(29)17-22-10-11-43-22/h3-9,12-13,16,22H,10-11,14,17-18H2,1-2H3/t22-/m0/s1. The number of carbonyl (C=O) groups excluding carboxylic acids is 1. The molecule has 0 radical (unpaired) electrons.